The van der Waals surface area contributed by atoms with Crippen LogP contribution >= 0.6 is 0 Å². The zero-order chi connectivity index (χ0) is 26.7. The fourth-order valence-corrected chi connectivity index (χ4v) is 4.03. The van der Waals surface area contributed by atoms with E-state index in [1.54, 1.807) is 19.1 Å². The lowest BCUT2D eigenvalue weighted by Gasteiger charge is -2.16. The lowest BCUT2D eigenvalue weighted by Crippen LogP contribution is -2.26. The summed E-state index contributed by atoms with van der Waals surface area (Å²) in [5, 5.41) is 11.9. The Balaban J connectivity index is 1.72. The van der Waals surface area contributed by atoms with E-state index in [1.165, 1.54) is 6.07 Å². The standard InChI is InChI=1S/C31H28N2O5/c1-2-37-31(34)28(32-30(24-14-8-4-9-15-24)25-16-10-5-11-17-25)21-26-20-27(18-19-29(26)33(35)36)38-22-23-12-6-3-7-13-23/h3-20,28H,2,21-22H2,1H3. The first-order valence-corrected chi connectivity index (χ1v) is 12.3. The zero-order valence-corrected chi connectivity index (χ0v) is 21.0. The highest BCUT2D eigenvalue weighted by Crippen LogP contribution is 2.27. The maximum Gasteiger partial charge on any atom is 0.331 e. The molecule has 4 aromatic rings. The van der Waals surface area contributed by atoms with E-state index in [4.69, 9.17) is 14.5 Å². The van der Waals surface area contributed by atoms with Gasteiger partial charge in [-0.3, -0.25) is 15.1 Å². The van der Waals surface area contributed by atoms with E-state index in [-0.39, 0.29) is 18.7 Å². The molecule has 0 saturated heterocycles. The summed E-state index contributed by atoms with van der Waals surface area (Å²) in [7, 11) is 0. The summed E-state index contributed by atoms with van der Waals surface area (Å²) in [6, 6.07) is 32.2. The van der Waals surface area contributed by atoms with E-state index < -0.39 is 16.9 Å². The number of carbonyl (C=O) groups excluding carboxylic acids is 1. The Morgan fingerprint density at radius 1 is 0.868 bits per heavy atom. The van der Waals surface area contributed by atoms with Crippen molar-refractivity contribution >= 4 is 17.4 Å². The van der Waals surface area contributed by atoms with Gasteiger partial charge in [-0.25, -0.2) is 4.79 Å². The number of aliphatic imine (C=N–C) groups is 1. The van der Waals surface area contributed by atoms with Gasteiger partial charge in [-0.15, -0.1) is 0 Å². The van der Waals surface area contributed by atoms with E-state index in [0.717, 1.165) is 16.7 Å². The normalized spacial score (nSPS) is 11.3. The van der Waals surface area contributed by atoms with Crippen molar-refractivity contribution in [3.8, 4) is 5.75 Å². The van der Waals surface area contributed by atoms with Crippen LogP contribution in [0.2, 0.25) is 0 Å². The smallest absolute Gasteiger partial charge is 0.331 e. The van der Waals surface area contributed by atoms with Crippen LogP contribution in [0.3, 0.4) is 0 Å². The van der Waals surface area contributed by atoms with E-state index in [9.17, 15) is 14.9 Å². The lowest BCUT2D eigenvalue weighted by molar-refractivity contribution is -0.385. The summed E-state index contributed by atoms with van der Waals surface area (Å²) in [5.41, 5.74) is 3.44. The molecule has 4 aromatic carbocycles. The van der Waals surface area contributed by atoms with Gasteiger partial charge in [0.05, 0.1) is 17.2 Å². The number of carbonyl (C=O) groups is 1. The maximum absolute atomic E-state index is 13.1. The molecule has 0 fully saturated rings. The van der Waals surface area contributed by atoms with Crippen LogP contribution in [0.25, 0.3) is 0 Å². The highest BCUT2D eigenvalue weighted by Gasteiger charge is 2.26. The molecular formula is C31H28N2O5. The van der Waals surface area contributed by atoms with Crippen LogP contribution in [-0.2, 0) is 22.6 Å². The van der Waals surface area contributed by atoms with Gasteiger partial charge in [0.2, 0.25) is 0 Å². The molecule has 0 heterocycles. The van der Waals surface area contributed by atoms with Crippen LogP contribution in [0, 0.1) is 10.1 Å². The van der Waals surface area contributed by atoms with Crippen LogP contribution in [0.1, 0.15) is 29.2 Å². The zero-order valence-electron chi connectivity index (χ0n) is 21.0. The third kappa shape index (κ3) is 6.91. The van der Waals surface area contributed by atoms with Gasteiger partial charge in [-0.2, -0.15) is 0 Å². The minimum Gasteiger partial charge on any atom is -0.489 e. The molecule has 0 N–H and O–H groups in total. The molecule has 0 aromatic heterocycles. The van der Waals surface area contributed by atoms with Crippen molar-refractivity contribution in [2.75, 3.05) is 6.61 Å². The summed E-state index contributed by atoms with van der Waals surface area (Å²) in [4.78, 5) is 29.3. The Labute approximate surface area is 221 Å². The average Bonchev–Trinajstić information content (AvgIpc) is 2.95. The molecule has 192 valence electrons. The van der Waals surface area contributed by atoms with E-state index in [0.29, 0.717) is 23.6 Å². The molecular weight excluding hydrogens is 480 g/mol. The predicted molar refractivity (Wildman–Crippen MR) is 147 cm³/mol. The predicted octanol–water partition coefficient (Wildman–Crippen LogP) is 6.19. The number of benzene rings is 4. The topological polar surface area (TPSA) is 91.0 Å². The maximum atomic E-state index is 13.1. The quantitative estimate of drug-likeness (QED) is 0.104. The van der Waals surface area contributed by atoms with E-state index >= 15 is 0 Å². The monoisotopic (exact) mass is 508 g/mol. The van der Waals surface area contributed by atoms with Crippen molar-refractivity contribution in [1.82, 2.24) is 0 Å². The Bertz CT molecular complexity index is 1350. The highest BCUT2D eigenvalue weighted by atomic mass is 16.6. The average molecular weight is 509 g/mol. The van der Waals surface area contributed by atoms with Gasteiger partial charge >= 0.3 is 5.97 Å². The molecule has 0 radical (unpaired) electrons. The van der Waals surface area contributed by atoms with E-state index in [1.807, 2.05) is 91.0 Å². The van der Waals surface area contributed by atoms with Crippen molar-refractivity contribution in [2.24, 2.45) is 4.99 Å². The molecule has 0 aliphatic heterocycles. The van der Waals surface area contributed by atoms with Crippen LogP contribution in [0.4, 0.5) is 5.69 Å². The molecule has 0 spiro atoms. The van der Waals surface area contributed by atoms with Crippen molar-refractivity contribution in [3.63, 3.8) is 0 Å². The molecule has 1 atom stereocenters. The number of esters is 1. The largest absolute Gasteiger partial charge is 0.489 e. The SMILES string of the molecule is CCOC(=O)C(Cc1cc(OCc2ccccc2)ccc1[N+](=O)[O-])N=C(c1ccccc1)c1ccccc1. The van der Waals surface area contributed by atoms with Crippen molar-refractivity contribution in [1.29, 1.82) is 0 Å². The minimum absolute atomic E-state index is 0.0269. The number of nitro benzene ring substituents is 1. The first-order valence-electron chi connectivity index (χ1n) is 12.3. The molecule has 0 saturated carbocycles. The lowest BCUT2D eigenvalue weighted by atomic mass is 10.00. The van der Waals surface area contributed by atoms with Gasteiger partial charge in [0.1, 0.15) is 12.4 Å². The number of hydrogen-bond acceptors (Lipinski definition) is 6. The first kappa shape index (κ1) is 26.3. The van der Waals surface area contributed by atoms with Gasteiger partial charge in [-0.05, 0) is 24.6 Å². The van der Waals surface area contributed by atoms with Gasteiger partial charge < -0.3 is 9.47 Å². The molecule has 1 unspecified atom stereocenters. The molecule has 7 heteroatoms. The summed E-state index contributed by atoms with van der Waals surface area (Å²) >= 11 is 0. The molecule has 0 aliphatic carbocycles. The Morgan fingerprint density at radius 3 is 2.00 bits per heavy atom. The second-order valence-electron chi connectivity index (χ2n) is 8.50. The van der Waals surface area contributed by atoms with Gasteiger partial charge in [0.25, 0.3) is 5.69 Å². The minimum atomic E-state index is -1.01. The first-order chi connectivity index (χ1) is 18.5. The number of nitrogens with zero attached hydrogens (tertiary/aromatic N) is 2. The fourth-order valence-electron chi connectivity index (χ4n) is 4.03. The molecule has 38 heavy (non-hydrogen) atoms. The van der Waals surface area contributed by atoms with Gasteiger partial charge in [-0.1, -0.05) is 91.0 Å². The number of ether oxygens (including phenoxy) is 2. The molecule has 0 amide bonds. The Morgan fingerprint density at radius 2 is 1.45 bits per heavy atom. The second-order valence-corrected chi connectivity index (χ2v) is 8.50. The van der Waals surface area contributed by atoms with Crippen molar-refractivity contribution in [3.05, 3.63) is 142 Å². The van der Waals surface area contributed by atoms with E-state index in [2.05, 4.69) is 0 Å². The molecule has 0 aliphatic rings. The molecule has 0 bridgehead atoms. The van der Waals surface area contributed by atoms with Crippen molar-refractivity contribution in [2.45, 2.75) is 26.0 Å². The van der Waals surface area contributed by atoms with Gasteiger partial charge in [0.15, 0.2) is 6.04 Å². The highest BCUT2D eigenvalue weighted by molar-refractivity contribution is 6.13. The van der Waals surface area contributed by atoms with Crippen LogP contribution in [0.15, 0.2) is 114 Å². The second kappa shape index (κ2) is 13.0. The Kier molecular flexibility index (Phi) is 8.97. The third-order valence-corrected chi connectivity index (χ3v) is 5.85. The third-order valence-electron chi connectivity index (χ3n) is 5.85. The summed E-state index contributed by atoms with van der Waals surface area (Å²) in [6.07, 6.45) is -0.0269. The summed E-state index contributed by atoms with van der Waals surface area (Å²) in [5.74, 6) is -0.0887. The molecule has 7 nitrogen and oxygen atoms in total. The van der Waals surface area contributed by atoms with Gasteiger partial charge in [0, 0.05) is 29.2 Å². The summed E-state index contributed by atoms with van der Waals surface area (Å²) in [6.45, 7) is 2.19. The summed E-state index contributed by atoms with van der Waals surface area (Å²) < 4.78 is 11.2. The van der Waals surface area contributed by atoms with Crippen LogP contribution in [-0.4, -0.2) is 29.3 Å². The fraction of sp³-hybridized carbons (Fsp3) is 0.161. The molecule has 4 rings (SSSR count). The number of rotatable bonds is 11. The number of nitro groups is 1. The van der Waals surface area contributed by atoms with Crippen molar-refractivity contribution < 1.29 is 19.2 Å². The Hall–Kier alpha value is -4.78. The van der Waals surface area contributed by atoms with Crippen LogP contribution in [0.5, 0.6) is 5.75 Å². The van der Waals surface area contributed by atoms with Crippen LogP contribution < -0.4 is 4.74 Å². The number of hydrogen-bond donors (Lipinski definition) is 0.